The Hall–Kier alpha value is -2.78. The molecule has 1 fully saturated rings. The molecule has 2 aromatic rings. The molecule has 9 heteroatoms. The van der Waals surface area contributed by atoms with Crippen LogP contribution >= 0.6 is 27.7 Å². The van der Waals surface area contributed by atoms with Crippen molar-refractivity contribution >= 4 is 50.9 Å². The van der Waals surface area contributed by atoms with E-state index in [9.17, 15) is 14.4 Å². The number of benzene rings is 2. The van der Waals surface area contributed by atoms with Gasteiger partial charge >= 0.3 is 5.97 Å². The summed E-state index contributed by atoms with van der Waals surface area (Å²) < 4.78 is 17.5. The Bertz CT molecular complexity index is 1130. The maximum atomic E-state index is 12.7. The lowest BCUT2D eigenvalue weighted by molar-refractivity contribution is -0.149. The first-order valence-electron chi connectivity index (χ1n) is 10.8. The first-order valence-corrected chi connectivity index (χ1v) is 12.4. The molecule has 0 saturated carbocycles. The molecule has 0 spiro atoms. The van der Waals surface area contributed by atoms with Crippen LogP contribution < -0.4 is 9.47 Å². The minimum Gasteiger partial charge on any atom is -0.490 e. The maximum Gasteiger partial charge on any atom is 0.326 e. The zero-order valence-electron chi connectivity index (χ0n) is 19.4. The number of hydrogen-bond donors (Lipinski definition) is 0. The zero-order valence-corrected chi connectivity index (χ0v) is 21.8. The minimum atomic E-state index is -0.630. The van der Waals surface area contributed by atoms with E-state index in [0.29, 0.717) is 34.7 Å². The van der Waals surface area contributed by atoms with Gasteiger partial charge in [-0.2, -0.15) is 0 Å². The molecule has 34 heavy (non-hydrogen) atoms. The molecule has 1 heterocycles. The van der Waals surface area contributed by atoms with Crippen LogP contribution in [0, 0.1) is 6.92 Å². The van der Waals surface area contributed by atoms with Gasteiger partial charge in [0.1, 0.15) is 13.2 Å². The van der Waals surface area contributed by atoms with E-state index in [1.807, 2.05) is 32.0 Å². The van der Waals surface area contributed by atoms with Gasteiger partial charge in [-0.3, -0.25) is 19.3 Å². The Balaban J connectivity index is 1.81. The summed E-state index contributed by atoms with van der Waals surface area (Å²) in [5.74, 6) is -0.111. The number of aryl methyl sites for hydroxylation is 1. The van der Waals surface area contributed by atoms with Gasteiger partial charge < -0.3 is 14.2 Å². The average Bonchev–Trinajstić information content (AvgIpc) is 3.00. The van der Waals surface area contributed by atoms with E-state index in [1.54, 1.807) is 32.1 Å². The van der Waals surface area contributed by atoms with Crippen LogP contribution in [0.3, 0.4) is 0 Å². The molecule has 180 valence electrons. The van der Waals surface area contributed by atoms with Gasteiger partial charge in [0.2, 0.25) is 0 Å². The standard InChI is InChI=1S/C25H26BrNO6S/c1-5-31-20-11-18(10-19(26)23(20)32-14-17-8-6-7-16(4)9-17)12-21-24(29)27(25(30)34-21)13-22(28)33-15(2)3/h6-12,15H,5,13-14H2,1-4H3/b21-12-. The third-order valence-corrected chi connectivity index (χ3v) is 6.12. The molecule has 2 aromatic carbocycles. The number of esters is 1. The van der Waals surface area contributed by atoms with E-state index in [0.717, 1.165) is 27.8 Å². The number of ether oxygens (including phenoxy) is 3. The smallest absolute Gasteiger partial charge is 0.326 e. The highest BCUT2D eigenvalue weighted by atomic mass is 79.9. The van der Waals surface area contributed by atoms with E-state index in [2.05, 4.69) is 22.0 Å². The van der Waals surface area contributed by atoms with Crippen molar-refractivity contribution in [3.05, 3.63) is 62.5 Å². The second-order valence-electron chi connectivity index (χ2n) is 7.85. The number of hydrogen-bond acceptors (Lipinski definition) is 7. The van der Waals surface area contributed by atoms with Gasteiger partial charge in [0, 0.05) is 0 Å². The number of rotatable bonds is 9. The normalized spacial score (nSPS) is 14.8. The van der Waals surface area contributed by atoms with Crippen molar-refractivity contribution in [2.24, 2.45) is 0 Å². The molecule has 3 rings (SSSR count). The summed E-state index contributed by atoms with van der Waals surface area (Å²) in [5.41, 5.74) is 2.82. The van der Waals surface area contributed by atoms with Gasteiger partial charge in [-0.15, -0.1) is 0 Å². The monoisotopic (exact) mass is 547 g/mol. The molecule has 0 aromatic heterocycles. The summed E-state index contributed by atoms with van der Waals surface area (Å²) in [6.07, 6.45) is 1.26. The highest BCUT2D eigenvalue weighted by Crippen LogP contribution is 2.39. The molecule has 0 atom stereocenters. The molecule has 0 radical (unpaired) electrons. The molecule has 0 unspecified atom stereocenters. The molecule has 2 amide bonds. The Morgan fingerprint density at radius 3 is 2.62 bits per heavy atom. The Labute approximate surface area is 211 Å². The summed E-state index contributed by atoms with van der Waals surface area (Å²) >= 11 is 4.31. The number of amides is 2. The van der Waals surface area contributed by atoms with Crippen molar-refractivity contribution in [3.63, 3.8) is 0 Å². The molecule has 0 bridgehead atoms. The topological polar surface area (TPSA) is 82.1 Å². The lowest BCUT2D eigenvalue weighted by Crippen LogP contribution is -2.35. The molecular weight excluding hydrogens is 522 g/mol. The molecule has 1 saturated heterocycles. The number of carbonyl (C=O) groups is 3. The quantitative estimate of drug-likeness (QED) is 0.293. The maximum absolute atomic E-state index is 12.7. The van der Waals surface area contributed by atoms with Crippen LogP contribution in [0.25, 0.3) is 6.08 Å². The summed E-state index contributed by atoms with van der Waals surface area (Å²) in [4.78, 5) is 38.1. The van der Waals surface area contributed by atoms with Crippen molar-refractivity contribution in [3.8, 4) is 11.5 Å². The number of carbonyl (C=O) groups excluding carboxylic acids is 3. The van der Waals surface area contributed by atoms with Crippen molar-refractivity contribution in [1.29, 1.82) is 0 Å². The van der Waals surface area contributed by atoms with Gasteiger partial charge in [-0.25, -0.2) is 0 Å². The second kappa shape index (κ2) is 11.6. The fourth-order valence-corrected chi connectivity index (χ4v) is 4.66. The Morgan fingerprint density at radius 2 is 1.94 bits per heavy atom. The summed E-state index contributed by atoms with van der Waals surface area (Å²) in [6, 6.07) is 11.6. The van der Waals surface area contributed by atoms with Gasteiger partial charge in [0.05, 0.1) is 22.1 Å². The largest absolute Gasteiger partial charge is 0.490 e. The first kappa shape index (κ1) is 25.8. The fourth-order valence-electron chi connectivity index (χ4n) is 3.25. The predicted octanol–water partition coefficient (Wildman–Crippen LogP) is 5.72. The van der Waals surface area contributed by atoms with Crippen LogP contribution in [0.1, 0.15) is 37.5 Å². The molecule has 1 aliphatic rings. The van der Waals surface area contributed by atoms with E-state index < -0.39 is 23.7 Å². The van der Waals surface area contributed by atoms with Crippen LogP contribution in [0.5, 0.6) is 11.5 Å². The molecule has 0 aliphatic carbocycles. The van der Waals surface area contributed by atoms with Crippen molar-refractivity contribution in [2.45, 2.75) is 40.4 Å². The average molecular weight is 548 g/mol. The highest BCUT2D eigenvalue weighted by molar-refractivity contribution is 9.10. The van der Waals surface area contributed by atoms with Crippen LogP contribution in [-0.4, -0.2) is 41.3 Å². The lowest BCUT2D eigenvalue weighted by Gasteiger charge is -2.15. The fraction of sp³-hybridized carbons (Fsp3) is 0.320. The van der Waals surface area contributed by atoms with Crippen molar-refractivity contribution in [2.75, 3.05) is 13.2 Å². The van der Waals surface area contributed by atoms with Crippen LogP contribution in [-0.2, 0) is 20.9 Å². The summed E-state index contributed by atoms with van der Waals surface area (Å²) in [7, 11) is 0. The highest BCUT2D eigenvalue weighted by Gasteiger charge is 2.36. The van der Waals surface area contributed by atoms with Crippen LogP contribution in [0.15, 0.2) is 45.8 Å². The predicted molar refractivity (Wildman–Crippen MR) is 135 cm³/mol. The van der Waals surface area contributed by atoms with E-state index in [1.165, 1.54) is 0 Å². The third kappa shape index (κ3) is 6.64. The third-order valence-electron chi connectivity index (χ3n) is 4.62. The molecule has 7 nitrogen and oxygen atoms in total. The SMILES string of the molecule is CCOc1cc(/C=C2\SC(=O)N(CC(=O)OC(C)C)C2=O)cc(Br)c1OCc1cccc(C)c1. The second-order valence-corrected chi connectivity index (χ2v) is 9.69. The molecule has 1 aliphatic heterocycles. The van der Waals surface area contributed by atoms with Crippen molar-refractivity contribution < 1.29 is 28.6 Å². The van der Waals surface area contributed by atoms with Crippen LogP contribution in [0.4, 0.5) is 4.79 Å². The Morgan fingerprint density at radius 1 is 1.18 bits per heavy atom. The van der Waals surface area contributed by atoms with E-state index in [-0.39, 0.29) is 11.0 Å². The van der Waals surface area contributed by atoms with Gasteiger partial charge in [0.15, 0.2) is 11.5 Å². The molecular formula is C25H26BrNO6S. The first-order chi connectivity index (χ1) is 16.2. The number of halogens is 1. The zero-order chi connectivity index (χ0) is 24.8. The van der Waals surface area contributed by atoms with E-state index in [4.69, 9.17) is 14.2 Å². The summed E-state index contributed by atoms with van der Waals surface area (Å²) in [6.45, 7) is 7.67. The van der Waals surface area contributed by atoms with Gasteiger partial charge in [-0.1, -0.05) is 29.8 Å². The van der Waals surface area contributed by atoms with E-state index >= 15 is 0 Å². The van der Waals surface area contributed by atoms with Gasteiger partial charge in [-0.05, 0) is 84.7 Å². The lowest BCUT2D eigenvalue weighted by atomic mass is 10.1. The minimum absolute atomic E-state index is 0.213. The number of nitrogens with zero attached hydrogens (tertiary/aromatic N) is 1. The number of imide groups is 1. The molecule has 0 N–H and O–H groups in total. The Kier molecular flexibility index (Phi) is 8.79. The van der Waals surface area contributed by atoms with Gasteiger partial charge in [0.25, 0.3) is 11.1 Å². The van der Waals surface area contributed by atoms with Crippen LogP contribution in [0.2, 0.25) is 0 Å². The van der Waals surface area contributed by atoms with Crippen molar-refractivity contribution in [1.82, 2.24) is 4.90 Å². The number of thioether (sulfide) groups is 1. The summed E-state index contributed by atoms with van der Waals surface area (Å²) in [5, 5.41) is -0.515.